The van der Waals surface area contributed by atoms with Crippen molar-refractivity contribution < 1.29 is 9.50 Å². The van der Waals surface area contributed by atoms with E-state index in [0.29, 0.717) is 4.90 Å². The maximum absolute atomic E-state index is 13.4. The van der Waals surface area contributed by atoms with Crippen molar-refractivity contribution in [2.24, 2.45) is 0 Å². The Kier molecular flexibility index (Phi) is 4.87. The minimum absolute atomic E-state index is 0.0729. The van der Waals surface area contributed by atoms with Gasteiger partial charge in [-0.25, -0.2) is 4.39 Å². The van der Waals surface area contributed by atoms with Crippen molar-refractivity contribution >= 4 is 10.9 Å². The Labute approximate surface area is 151 Å². The average Bonchev–Trinajstić information content (AvgIpc) is 2.58. The molecule has 3 aromatic carbocycles. The SMILES string of the molecule is CC(C)(C)c1ccc([S+](c2ccccc2)c2ccc(F)cc2[O-])cc1. The van der Waals surface area contributed by atoms with Crippen LogP contribution < -0.4 is 5.11 Å². The molecule has 3 heteroatoms. The molecule has 0 aromatic heterocycles. The maximum atomic E-state index is 13.4. The second kappa shape index (κ2) is 6.93. The molecular weight excluding hydrogens is 331 g/mol. The highest BCUT2D eigenvalue weighted by Crippen LogP contribution is 2.36. The number of halogens is 1. The molecule has 0 fully saturated rings. The van der Waals surface area contributed by atoms with Crippen LogP contribution in [0, 0.1) is 5.82 Å². The van der Waals surface area contributed by atoms with Crippen molar-refractivity contribution in [1.29, 1.82) is 0 Å². The predicted molar refractivity (Wildman–Crippen MR) is 99.6 cm³/mol. The first kappa shape index (κ1) is 17.6. The molecule has 1 unspecified atom stereocenters. The van der Waals surface area contributed by atoms with Gasteiger partial charge in [-0.15, -0.1) is 0 Å². The monoisotopic (exact) mass is 352 g/mol. The summed E-state index contributed by atoms with van der Waals surface area (Å²) in [6.45, 7) is 6.53. The van der Waals surface area contributed by atoms with E-state index in [9.17, 15) is 9.50 Å². The third kappa shape index (κ3) is 3.88. The predicted octanol–water partition coefficient (Wildman–Crippen LogP) is 5.29. The van der Waals surface area contributed by atoms with Gasteiger partial charge in [0.15, 0.2) is 14.7 Å². The lowest BCUT2D eigenvalue weighted by atomic mass is 9.87. The fourth-order valence-electron chi connectivity index (χ4n) is 2.69. The Hall–Kier alpha value is -2.26. The van der Waals surface area contributed by atoms with Gasteiger partial charge in [-0.1, -0.05) is 51.1 Å². The van der Waals surface area contributed by atoms with Crippen LogP contribution in [0.2, 0.25) is 0 Å². The van der Waals surface area contributed by atoms with E-state index >= 15 is 0 Å². The summed E-state index contributed by atoms with van der Waals surface area (Å²) >= 11 is 0. The Morgan fingerprint density at radius 3 is 1.96 bits per heavy atom. The van der Waals surface area contributed by atoms with E-state index < -0.39 is 16.7 Å². The first-order valence-corrected chi connectivity index (χ1v) is 9.45. The molecule has 25 heavy (non-hydrogen) atoms. The van der Waals surface area contributed by atoms with Crippen LogP contribution in [0.15, 0.2) is 87.5 Å². The zero-order valence-electron chi connectivity index (χ0n) is 14.6. The minimum Gasteiger partial charge on any atom is -0.869 e. The Bertz CT molecular complexity index is 851. The van der Waals surface area contributed by atoms with Gasteiger partial charge < -0.3 is 5.11 Å². The van der Waals surface area contributed by atoms with Crippen LogP contribution in [-0.4, -0.2) is 0 Å². The van der Waals surface area contributed by atoms with Gasteiger partial charge in [-0.3, -0.25) is 0 Å². The highest BCUT2D eigenvalue weighted by molar-refractivity contribution is 7.97. The van der Waals surface area contributed by atoms with Crippen molar-refractivity contribution in [1.82, 2.24) is 0 Å². The first-order chi connectivity index (χ1) is 11.9. The second-order valence-corrected chi connectivity index (χ2v) is 8.98. The smallest absolute Gasteiger partial charge is 0.166 e. The summed E-state index contributed by atoms with van der Waals surface area (Å²) in [5.74, 6) is -0.750. The molecule has 0 saturated heterocycles. The third-order valence-corrected chi connectivity index (χ3v) is 6.32. The zero-order valence-corrected chi connectivity index (χ0v) is 15.4. The van der Waals surface area contributed by atoms with Gasteiger partial charge in [0.1, 0.15) is 5.82 Å². The van der Waals surface area contributed by atoms with Crippen molar-refractivity contribution in [3.8, 4) is 5.75 Å². The summed E-state index contributed by atoms with van der Waals surface area (Å²) in [7, 11) is -0.549. The van der Waals surface area contributed by atoms with Gasteiger partial charge in [0.25, 0.3) is 0 Å². The number of rotatable bonds is 3. The van der Waals surface area contributed by atoms with E-state index in [0.717, 1.165) is 15.9 Å². The van der Waals surface area contributed by atoms with Gasteiger partial charge in [0.05, 0.1) is 10.9 Å². The molecule has 0 heterocycles. The van der Waals surface area contributed by atoms with E-state index in [1.54, 1.807) is 6.07 Å². The molecule has 0 saturated carbocycles. The van der Waals surface area contributed by atoms with Crippen LogP contribution in [0.1, 0.15) is 26.3 Å². The lowest BCUT2D eigenvalue weighted by molar-refractivity contribution is -0.272. The Morgan fingerprint density at radius 1 is 0.800 bits per heavy atom. The molecule has 3 rings (SSSR count). The molecule has 0 aliphatic heterocycles. The Morgan fingerprint density at radius 2 is 1.40 bits per heavy atom. The molecule has 0 aliphatic rings. The van der Waals surface area contributed by atoms with E-state index in [1.807, 2.05) is 30.3 Å². The Balaban J connectivity index is 2.12. The molecule has 0 amide bonds. The van der Waals surface area contributed by atoms with Crippen LogP contribution in [0.4, 0.5) is 4.39 Å². The van der Waals surface area contributed by atoms with Crippen LogP contribution in [0.5, 0.6) is 5.75 Å². The summed E-state index contributed by atoms with van der Waals surface area (Å²) in [4.78, 5) is 2.73. The zero-order chi connectivity index (χ0) is 18.0. The van der Waals surface area contributed by atoms with E-state index in [4.69, 9.17) is 0 Å². The standard InChI is InChI=1S/C22H21FOS/c1-22(2,3)16-9-12-19(13-10-16)25(18-7-5-4-6-8-18)21-14-11-17(23)15-20(21)24/h4-15H,1-3H3. The van der Waals surface area contributed by atoms with Crippen molar-refractivity contribution in [2.45, 2.75) is 40.9 Å². The number of hydrogen-bond acceptors (Lipinski definition) is 1. The van der Waals surface area contributed by atoms with Crippen LogP contribution in [-0.2, 0) is 16.3 Å². The van der Waals surface area contributed by atoms with E-state index in [1.165, 1.54) is 11.6 Å². The summed E-state index contributed by atoms with van der Waals surface area (Å²) in [6.07, 6.45) is 0. The maximum Gasteiger partial charge on any atom is 0.166 e. The summed E-state index contributed by atoms with van der Waals surface area (Å²) in [5.41, 5.74) is 1.32. The van der Waals surface area contributed by atoms with Crippen molar-refractivity contribution in [3.63, 3.8) is 0 Å². The number of benzene rings is 3. The van der Waals surface area contributed by atoms with Gasteiger partial charge in [0.2, 0.25) is 0 Å². The average molecular weight is 352 g/mol. The molecule has 0 spiro atoms. The molecule has 1 nitrogen and oxygen atoms in total. The summed E-state index contributed by atoms with van der Waals surface area (Å²) < 4.78 is 13.4. The van der Waals surface area contributed by atoms with Gasteiger partial charge in [-0.2, -0.15) is 0 Å². The molecule has 1 atom stereocenters. The van der Waals surface area contributed by atoms with Gasteiger partial charge in [0, 0.05) is 0 Å². The van der Waals surface area contributed by atoms with Crippen LogP contribution in [0.3, 0.4) is 0 Å². The largest absolute Gasteiger partial charge is 0.869 e. The lowest BCUT2D eigenvalue weighted by Gasteiger charge is -2.19. The molecule has 3 aromatic rings. The quantitative estimate of drug-likeness (QED) is 0.587. The van der Waals surface area contributed by atoms with Gasteiger partial charge >= 0.3 is 0 Å². The fourth-order valence-corrected chi connectivity index (χ4v) is 4.77. The molecule has 0 bridgehead atoms. The third-order valence-electron chi connectivity index (χ3n) is 4.06. The molecule has 0 radical (unpaired) electrons. The normalized spacial score (nSPS) is 12.8. The summed E-state index contributed by atoms with van der Waals surface area (Å²) in [5, 5.41) is 12.4. The first-order valence-electron chi connectivity index (χ1n) is 8.23. The second-order valence-electron chi connectivity index (χ2n) is 6.98. The van der Waals surface area contributed by atoms with Crippen molar-refractivity contribution in [2.75, 3.05) is 0 Å². The fraction of sp³-hybridized carbons (Fsp3) is 0.182. The van der Waals surface area contributed by atoms with Crippen LogP contribution >= 0.6 is 0 Å². The van der Waals surface area contributed by atoms with Gasteiger partial charge in [-0.05, 0) is 59.2 Å². The number of hydrogen-bond donors (Lipinski definition) is 0. The molecule has 0 aliphatic carbocycles. The topological polar surface area (TPSA) is 23.1 Å². The summed E-state index contributed by atoms with van der Waals surface area (Å²) in [6, 6.07) is 22.4. The molecule has 128 valence electrons. The highest BCUT2D eigenvalue weighted by Gasteiger charge is 2.29. The minimum atomic E-state index is -0.549. The molecule has 0 N–H and O–H groups in total. The highest BCUT2D eigenvalue weighted by atomic mass is 32.2. The van der Waals surface area contributed by atoms with Crippen molar-refractivity contribution in [3.05, 3.63) is 84.2 Å². The van der Waals surface area contributed by atoms with E-state index in [2.05, 4.69) is 45.0 Å². The van der Waals surface area contributed by atoms with Crippen LogP contribution in [0.25, 0.3) is 0 Å². The van der Waals surface area contributed by atoms with E-state index in [-0.39, 0.29) is 11.2 Å². The molecular formula is C22H21FOS. The lowest BCUT2D eigenvalue weighted by Crippen LogP contribution is -2.12.